The topological polar surface area (TPSA) is 166 Å². The zero-order chi connectivity index (χ0) is 22.3. The molecule has 0 atom stereocenters. The maximum Gasteiger partial charge on any atom is 0.239 e. The lowest BCUT2D eigenvalue weighted by Crippen LogP contribution is -2.29. The number of aromatic nitrogens is 5. The summed E-state index contributed by atoms with van der Waals surface area (Å²) in [5.41, 5.74) is 8.96. The fourth-order valence-corrected chi connectivity index (χ4v) is 6.17. The van der Waals surface area contributed by atoms with Gasteiger partial charge in [-0.15, -0.1) is 10.2 Å². The van der Waals surface area contributed by atoms with Gasteiger partial charge in [0.25, 0.3) is 0 Å². The molecule has 1 aliphatic heterocycles. The predicted molar refractivity (Wildman–Crippen MR) is 123 cm³/mol. The number of anilines is 1. The van der Waals surface area contributed by atoms with Gasteiger partial charge in [-0.05, 0) is 60.7 Å². The van der Waals surface area contributed by atoms with Crippen molar-refractivity contribution >= 4 is 36.7 Å². The van der Waals surface area contributed by atoms with Crippen LogP contribution >= 0.6 is 11.3 Å². The number of fused-ring (bicyclic) bond motifs is 1. The highest BCUT2D eigenvalue weighted by Crippen LogP contribution is 2.41. The van der Waals surface area contributed by atoms with Crippen molar-refractivity contribution in [2.24, 2.45) is 11.1 Å². The minimum Gasteiger partial charge on any atom is -0.375 e. The summed E-state index contributed by atoms with van der Waals surface area (Å²) < 4.78 is 26.7. The summed E-state index contributed by atoms with van der Waals surface area (Å²) in [6.07, 6.45) is 2.55. The molecule has 1 saturated heterocycles. The summed E-state index contributed by atoms with van der Waals surface area (Å²) in [4.78, 5) is 4.50. The van der Waals surface area contributed by atoms with Gasteiger partial charge in [-0.2, -0.15) is 5.21 Å². The van der Waals surface area contributed by atoms with Crippen molar-refractivity contribution in [3.63, 3.8) is 0 Å². The first-order valence-corrected chi connectivity index (χ1v) is 12.6. The smallest absolute Gasteiger partial charge is 0.239 e. The first kappa shape index (κ1) is 20.9. The molecule has 0 unspecified atom stereocenters. The second-order valence-electron chi connectivity index (χ2n) is 7.86. The molecular weight excluding hydrogens is 448 g/mol. The minimum atomic E-state index is -4.10. The van der Waals surface area contributed by atoms with Crippen molar-refractivity contribution in [1.82, 2.24) is 30.9 Å². The Hall–Kier alpha value is -2.93. The van der Waals surface area contributed by atoms with Gasteiger partial charge in [0.1, 0.15) is 0 Å². The SMILES string of the molecule is Nc1nc2c(-c3ccc(CC4CCNCC4)c(S(N)(=O)=O)c3-c3nn[nH]n3)cccc2s1. The number of para-hydroxylation sites is 1. The summed E-state index contributed by atoms with van der Waals surface area (Å²) in [5.74, 6) is 0.527. The first-order valence-electron chi connectivity index (χ1n) is 10.2. The van der Waals surface area contributed by atoms with Crippen LogP contribution < -0.4 is 16.2 Å². The number of thiazole rings is 1. The van der Waals surface area contributed by atoms with E-state index in [9.17, 15) is 8.42 Å². The average molecular weight is 471 g/mol. The quantitative estimate of drug-likeness (QED) is 0.343. The summed E-state index contributed by atoms with van der Waals surface area (Å²) in [6, 6.07) is 9.41. The van der Waals surface area contributed by atoms with Crippen LogP contribution in [0.4, 0.5) is 5.13 Å². The Bertz CT molecular complexity index is 1380. The highest BCUT2D eigenvalue weighted by atomic mass is 32.2. The standard InChI is InChI=1S/C20H22N8O2S2/c21-20-24-17-14(2-1-3-15(17)31-20)13-5-4-12(10-11-6-8-23-9-7-11)18(32(22,29)30)16(13)19-25-27-28-26-19/h1-5,11,23H,6-10H2,(H2,21,24)(H2,22,29,30)(H,25,26,27,28). The number of nitrogen functional groups attached to an aromatic ring is 1. The molecule has 1 aliphatic rings. The highest BCUT2D eigenvalue weighted by Gasteiger charge is 2.28. The molecule has 12 heteroatoms. The van der Waals surface area contributed by atoms with Gasteiger partial charge < -0.3 is 11.1 Å². The number of nitrogens with two attached hydrogens (primary N) is 2. The third kappa shape index (κ3) is 3.86. The number of sulfonamides is 1. The zero-order valence-corrected chi connectivity index (χ0v) is 18.7. The van der Waals surface area contributed by atoms with E-state index < -0.39 is 10.0 Å². The van der Waals surface area contributed by atoms with Gasteiger partial charge in [-0.25, -0.2) is 18.5 Å². The number of aromatic amines is 1. The summed E-state index contributed by atoms with van der Waals surface area (Å²) in [7, 11) is -4.10. The van der Waals surface area contributed by atoms with E-state index in [4.69, 9.17) is 10.9 Å². The molecule has 166 valence electrons. The number of nitrogens with zero attached hydrogens (tertiary/aromatic N) is 4. The number of piperidine rings is 1. The van der Waals surface area contributed by atoms with Crippen molar-refractivity contribution in [1.29, 1.82) is 0 Å². The Morgan fingerprint density at radius 2 is 1.94 bits per heavy atom. The van der Waals surface area contributed by atoms with Crippen LogP contribution in [0.3, 0.4) is 0 Å². The van der Waals surface area contributed by atoms with E-state index in [1.165, 1.54) is 11.3 Å². The zero-order valence-electron chi connectivity index (χ0n) is 17.1. The number of hydrogen-bond donors (Lipinski definition) is 4. The molecule has 0 radical (unpaired) electrons. The first-order chi connectivity index (χ1) is 15.4. The number of rotatable bonds is 5. The van der Waals surface area contributed by atoms with E-state index in [0.29, 0.717) is 39.7 Å². The van der Waals surface area contributed by atoms with Crippen molar-refractivity contribution < 1.29 is 8.42 Å². The molecule has 4 aromatic rings. The fourth-order valence-electron chi connectivity index (χ4n) is 4.41. The third-order valence-corrected chi connectivity index (χ3v) is 7.67. The van der Waals surface area contributed by atoms with Crippen molar-refractivity contribution in [3.05, 3.63) is 35.9 Å². The van der Waals surface area contributed by atoms with Crippen LogP contribution in [0.2, 0.25) is 0 Å². The number of H-pyrrole nitrogens is 1. The van der Waals surface area contributed by atoms with Crippen LogP contribution in [0, 0.1) is 5.92 Å². The molecule has 0 bridgehead atoms. The molecule has 10 nitrogen and oxygen atoms in total. The molecule has 0 aliphatic carbocycles. The molecule has 32 heavy (non-hydrogen) atoms. The van der Waals surface area contributed by atoms with Crippen molar-refractivity contribution in [2.45, 2.75) is 24.2 Å². The lowest BCUT2D eigenvalue weighted by molar-refractivity contribution is 0.371. The van der Waals surface area contributed by atoms with E-state index in [-0.39, 0.29) is 10.7 Å². The Kier molecular flexibility index (Phi) is 5.37. The largest absolute Gasteiger partial charge is 0.375 e. The number of benzene rings is 2. The van der Waals surface area contributed by atoms with Crippen LogP contribution in [0.5, 0.6) is 0 Å². The number of primary sulfonamides is 1. The lowest BCUT2D eigenvalue weighted by Gasteiger charge is -2.24. The van der Waals surface area contributed by atoms with E-state index in [1.54, 1.807) is 0 Å². The molecule has 2 aromatic heterocycles. The Morgan fingerprint density at radius 1 is 1.12 bits per heavy atom. The number of hydrogen-bond acceptors (Lipinski definition) is 9. The molecular formula is C20H22N8O2S2. The van der Waals surface area contributed by atoms with E-state index in [0.717, 1.165) is 36.2 Å². The van der Waals surface area contributed by atoms with Crippen LogP contribution in [0.1, 0.15) is 18.4 Å². The van der Waals surface area contributed by atoms with Crippen LogP contribution in [0.15, 0.2) is 35.2 Å². The van der Waals surface area contributed by atoms with Gasteiger partial charge in [-0.1, -0.05) is 35.6 Å². The summed E-state index contributed by atoms with van der Waals surface area (Å²) in [6.45, 7) is 1.83. The third-order valence-electron chi connectivity index (χ3n) is 5.79. The molecule has 0 spiro atoms. The van der Waals surface area contributed by atoms with Gasteiger partial charge in [0.15, 0.2) is 5.13 Å². The fraction of sp³-hybridized carbons (Fsp3) is 0.300. The number of nitrogens with one attached hydrogen (secondary N) is 2. The molecule has 3 heterocycles. The maximum absolute atomic E-state index is 12.9. The van der Waals surface area contributed by atoms with Gasteiger partial charge in [-0.3, -0.25) is 0 Å². The lowest BCUT2D eigenvalue weighted by atomic mass is 9.88. The summed E-state index contributed by atoms with van der Waals surface area (Å²) in [5, 5.41) is 23.8. The maximum atomic E-state index is 12.9. The minimum absolute atomic E-state index is 0.0372. The molecule has 1 fully saturated rings. The predicted octanol–water partition coefficient (Wildman–Crippen LogP) is 1.92. The average Bonchev–Trinajstić information content (AvgIpc) is 3.42. The van der Waals surface area contributed by atoms with Crippen molar-refractivity contribution in [2.75, 3.05) is 18.8 Å². The van der Waals surface area contributed by atoms with Crippen LogP contribution in [-0.2, 0) is 16.4 Å². The second kappa shape index (κ2) is 8.20. The van der Waals surface area contributed by atoms with E-state index in [2.05, 4.69) is 30.9 Å². The Morgan fingerprint density at radius 3 is 2.66 bits per heavy atom. The molecule has 0 saturated carbocycles. The van der Waals surface area contributed by atoms with E-state index >= 15 is 0 Å². The monoisotopic (exact) mass is 470 g/mol. The molecule has 6 N–H and O–H groups in total. The Labute approximate surface area is 188 Å². The van der Waals surface area contributed by atoms with Crippen molar-refractivity contribution in [3.8, 4) is 22.5 Å². The second-order valence-corrected chi connectivity index (χ2v) is 10.4. The van der Waals surface area contributed by atoms with Crippen LogP contribution in [-0.4, -0.2) is 47.1 Å². The molecule has 2 aromatic carbocycles. The van der Waals surface area contributed by atoms with Gasteiger partial charge in [0.05, 0.1) is 20.7 Å². The molecule has 5 rings (SSSR count). The van der Waals surface area contributed by atoms with Gasteiger partial charge in [0, 0.05) is 5.56 Å². The highest BCUT2D eigenvalue weighted by molar-refractivity contribution is 7.89. The van der Waals surface area contributed by atoms with Gasteiger partial charge in [0.2, 0.25) is 15.8 Å². The Balaban J connectivity index is 1.78. The normalized spacial score (nSPS) is 15.4. The number of tetrazole rings is 1. The van der Waals surface area contributed by atoms with Gasteiger partial charge >= 0.3 is 0 Å². The summed E-state index contributed by atoms with van der Waals surface area (Å²) >= 11 is 1.37. The van der Waals surface area contributed by atoms with E-state index in [1.807, 2.05) is 30.3 Å². The molecule has 0 amide bonds. The van der Waals surface area contributed by atoms with Crippen LogP contribution in [0.25, 0.3) is 32.7 Å².